The first kappa shape index (κ1) is 19.4. The normalized spacial score (nSPS) is 12.8. The Hall–Kier alpha value is -2.63. The first-order chi connectivity index (χ1) is 11.4. The highest BCUT2D eigenvalue weighted by molar-refractivity contribution is 6.17. The van der Waals surface area contributed by atoms with Gasteiger partial charge in [-0.25, -0.2) is 4.79 Å². The zero-order valence-corrected chi connectivity index (χ0v) is 14.1. The lowest BCUT2D eigenvalue weighted by molar-refractivity contribution is -0.148. The molecule has 1 aromatic rings. The summed E-state index contributed by atoms with van der Waals surface area (Å²) in [4.78, 5) is 35.8. The summed E-state index contributed by atoms with van der Waals surface area (Å²) in [5, 5.41) is 10.5. The zero-order valence-electron chi connectivity index (χ0n) is 14.1. The van der Waals surface area contributed by atoms with Crippen LogP contribution < -0.4 is 0 Å². The molecule has 1 N–H and O–H groups in total. The van der Waals surface area contributed by atoms with Gasteiger partial charge in [0.05, 0.1) is 6.61 Å². The number of carbonyl (C=O) groups excluding carboxylic acids is 3. The van der Waals surface area contributed by atoms with Crippen molar-refractivity contribution in [3.63, 3.8) is 0 Å². The number of benzene rings is 1. The molecule has 0 fully saturated rings. The van der Waals surface area contributed by atoms with Crippen LogP contribution in [-0.2, 0) is 23.9 Å². The summed E-state index contributed by atoms with van der Waals surface area (Å²) in [6, 6.07) is 8.38. The van der Waals surface area contributed by atoms with Gasteiger partial charge in [0.15, 0.2) is 17.6 Å². The number of hydrogen-bond donors (Lipinski definition) is 1. The lowest BCUT2D eigenvalue weighted by atomic mass is 9.99. The van der Waals surface area contributed by atoms with Crippen LogP contribution in [0.25, 0.3) is 0 Å². The minimum Gasteiger partial charge on any atom is -0.507 e. The molecule has 130 valence electrons. The van der Waals surface area contributed by atoms with E-state index < -0.39 is 35.2 Å². The topological polar surface area (TPSA) is 89.9 Å². The SMILES string of the molecule is CCCC(=O)/C(C(=O)OCC)=C(\O)C(OC(C)=O)c1ccccc1. The maximum atomic E-state index is 12.3. The molecule has 0 aliphatic heterocycles. The zero-order chi connectivity index (χ0) is 18.1. The van der Waals surface area contributed by atoms with Gasteiger partial charge in [0.2, 0.25) is 0 Å². The molecule has 0 saturated heterocycles. The van der Waals surface area contributed by atoms with Crippen LogP contribution in [0, 0.1) is 0 Å². The molecule has 0 amide bonds. The second-order valence-corrected chi connectivity index (χ2v) is 5.05. The Morgan fingerprint density at radius 2 is 1.75 bits per heavy atom. The molecule has 0 radical (unpaired) electrons. The molecule has 0 aliphatic carbocycles. The predicted octanol–water partition coefficient (Wildman–Crippen LogP) is 3.04. The van der Waals surface area contributed by atoms with Gasteiger partial charge in [-0.15, -0.1) is 0 Å². The number of esters is 2. The van der Waals surface area contributed by atoms with Crippen LogP contribution in [0.3, 0.4) is 0 Å². The van der Waals surface area contributed by atoms with Crippen LogP contribution in [0.4, 0.5) is 0 Å². The summed E-state index contributed by atoms with van der Waals surface area (Å²) in [6.45, 7) is 4.61. The molecule has 1 unspecified atom stereocenters. The fourth-order valence-corrected chi connectivity index (χ4v) is 2.12. The maximum Gasteiger partial charge on any atom is 0.345 e. The molecule has 0 aromatic heterocycles. The standard InChI is InChI=1S/C18H22O6/c1-4-9-14(20)15(18(22)23-5-2)16(21)17(24-12(3)19)13-10-7-6-8-11-13/h6-8,10-11,17,21H,4-5,9H2,1-3H3/b16-15+. The van der Waals surface area contributed by atoms with E-state index in [2.05, 4.69) is 0 Å². The minimum absolute atomic E-state index is 0.0542. The van der Waals surface area contributed by atoms with Crippen molar-refractivity contribution in [1.82, 2.24) is 0 Å². The second kappa shape index (κ2) is 9.50. The molecule has 24 heavy (non-hydrogen) atoms. The van der Waals surface area contributed by atoms with Crippen molar-refractivity contribution in [2.45, 2.75) is 39.7 Å². The summed E-state index contributed by atoms with van der Waals surface area (Å²) in [5.74, 6) is -2.75. The number of aliphatic hydroxyl groups is 1. The van der Waals surface area contributed by atoms with Gasteiger partial charge in [0.25, 0.3) is 0 Å². The van der Waals surface area contributed by atoms with Gasteiger partial charge in [0, 0.05) is 18.9 Å². The van der Waals surface area contributed by atoms with Crippen LogP contribution in [0.5, 0.6) is 0 Å². The first-order valence-electron chi connectivity index (χ1n) is 7.77. The van der Waals surface area contributed by atoms with Gasteiger partial charge < -0.3 is 14.6 Å². The number of ether oxygens (including phenoxy) is 2. The predicted molar refractivity (Wildman–Crippen MR) is 87.2 cm³/mol. The van der Waals surface area contributed by atoms with Crippen molar-refractivity contribution in [2.75, 3.05) is 6.61 Å². The lowest BCUT2D eigenvalue weighted by Gasteiger charge is -2.19. The number of carbonyl (C=O) groups is 3. The highest BCUT2D eigenvalue weighted by Crippen LogP contribution is 2.28. The fraction of sp³-hybridized carbons (Fsp3) is 0.389. The number of rotatable bonds is 8. The van der Waals surface area contributed by atoms with E-state index in [0.717, 1.165) is 0 Å². The van der Waals surface area contributed by atoms with E-state index >= 15 is 0 Å². The van der Waals surface area contributed by atoms with Gasteiger partial charge in [-0.2, -0.15) is 0 Å². The van der Waals surface area contributed by atoms with Gasteiger partial charge in [-0.3, -0.25) is 9.59 Å². The number of Topliss-reactive ketones (excluding diaryl/α,β-unsaturated/α-hetero) is 1. The van der Waals surface area contributed by atoms with Crippen molar-refractivity contribution in [3.05, 3.63) is 47.2 Å². The van der Waals surface area contributed by atoms with E-state index in [9.17, 15) is 19.5 Å². The average molecular weight is 334 g/mol. The Bertz CT molecular complexity index is 598. The number of hydrogen-bond acceptors (Lipinski definition) is 6. The monoisotopic (exact) mass is 334 g/mol. The highest BCUT2D eigenvalue weighted by atomic mass is 16.6. The fourth-order valence-electron chi connectivity index (χ4n) is 2.12. The van der Waals surface area contributed by atoms with Crippen LogP contribution >= 0.6 is 0 Å². The van der Waals surface area contributed by atoms with Crippen molar-refractivity contribution in [1.29, 1.82) is 0 Å². The van der Waals surface area contributed by atoms with E-state index in [4.69, 9.17) is 9.47 Å². The third kappa shape index (κ3) is 5.22. The molecule has 1 rings (SSSR count). The lowest BCUT2D eigenvalue weighted by Crippen LogP contribution is -2.22. The van der Waals surface area contributed by atoms with Crippen molar-refractivity contribution < 1.29 is 29.0 Å². The Labute approximate surface area is 141 Å². The van der Waals surface area contributed by atoms with E-state index in [0.29, 0.717) is 12.0 Å². The quantitative estimate of drug-likeness (QED) is 0.258. The van der Waals surface area contributed by atoms with E-state index in [1.165, 1.54) is 6.92 Å². The largest absolute Gasteiger partial charge is 0.507 e. The van der Waals surface area contributed by atoms with E-state index in [1.54, 1.807) is 44.2 Å². The molecule has 0 saturated carbocycles. The van der Waals surface area contributed by atoms with Crippen molar-refractivity contribution in [3.8, 4) is 0 Å². The van der Waals surface area contributed by atoms with Crippen molar-refractivity contribution >= 4 is 17.7 Å². The Balaban J connectivity index is 3.41. The molecule has 0 heterocycles. The van der Waals surface area contributed by atoms with E-state index in [1.807, 2.05) is 0 Å². The Morgan fingerprint density at radius 1 is 1.12 bits per heavy atom. The Kier molecular flexibility index (Phi) is 7.68. The minimum atomic E-state index is -1.25. The smallest absolute Gasteiger partial charge is 0.345 e. The highest BCUT2D eigenvalue weighted by Gasteiger charge is 2.31. The van der Waals surface area contributed by atoms with Crippen molar-refractivity contribution in [2.24, 2.45) is 0 Å². The molecule has 0 spiro atoms. The number of ketones is 1. The molecule has 1 aromatic carbocycles. The molecule has 0 aliphatic rings. The van der Waals surface area contributed by atoms with Gasteiger partial charge >= 0.3 is 11.9 Å². The van der Waals surface area contributed by atoms with Gasteiger partial charge in [-0.1, -0.05) is 37.3 Å². The molecular formula is C18H22O6. The summed E-state index contributed by atoms with van der Waals surface area (Å²) in [6.07, 6.45) is -0.679. The van der Waals surface area contributed by atoms with Gasteiger partial charge in [-0.05, 0) is 13.3 Å². The summed E-state index contributed by atoms with van der Waals surface area (Å²) in [7, 11) is 0. The average Bonchev–Trinajstić information content (AvgIpc) is 2.54. The second-order valence-electron chi connectivity index (χ2n) is 5.05. The molecule has 1 atom stereocenters. The molecular weight excluding hydrogens is 312 g/mol. The first-order valence-corrected chi connectivity index (χ1v) is 7.77. The summed E-state index contributed by atoms with van der Waals surface area (Å²) < 4.78 is 9.99. The van der Waals surface area contributed by atoms with Gasteiger partial charge in [0.1, 0.15) is 5.57 Å². The summed E-state index contributed by atoms with van der Waals surface area (Å²) >= 11 is 0. The van der Waals surface area contributed by atoms with Crippen LogP contribution in [0.1, 0.15) is 45.3 Å². The third-order valence-corrected chi connectivity index (χ3v) is 3.13. The molecule has 0 bridgehead atoms. The molecule has 6 heteroatoms. The molecule has 6 nitrogen and oxygen atoms in total. The Morgan fingerprint density at radius 3 is 2.25 bits per heavy atom. The van der Waals surface area contributed by atoms with Crippen LogP contribution in [0.15, 0.2) is 41.7 Å². The van der Waals surface area contributed by atoms with Crippen LogP contribution in [-0.4, -0.2) is 29.4 Å². The maximum absolute atomic E-state index is 12.3. The van der Waals surface area contributed by atoms with E-state index in [-0.39, 0.29) is 13.0 Å². The summed E-state index contributed by atoms with van der Waals surface area (Å²) in [5.41, 5.74) is -0.0369. The number of aliphatic hydroxyl groups excluding tert-OH is 1. The third-order valence-electron chi connectivity index (χ3n) is 3.13. The van der Waals surface area contributed by atoms with Crippen LogP contribution in [0.2, 0.25) is 0 Å².